The molecule has 1 N–H and O–H groups in total. The lowest BCUT2D eigenvalue weighted by Gasteiger charge is -2.10. The molecule has 3 aromatic rings. The third-order valence-corrected chi connectivity index (χ3v) is 3.79. The fourth-order valence-electron chi connectivity index (χ4n) is 2.53. The molecule has 134 valence electrons. The first-order valence-corrected chi connectivity index (χ1v) is 7.78. The molecule has 7 heteroatoms. The lowest BCUT2D eigenvalue weighted by Crippen LogP contribution is -2.14. The maximum absolute atomic E-state index is 12.6. The number of nitrogens with one attached hydrogen (secondary N) is 1. The molecule has 0 aliphatic carbocycles. The zero-order valence-electron chi connectivity index (χ0n) is 14.1. The molecule has 0 bridgehead atoms. The molecule has 0 radical (unpaired) electrons. The van der Waals surface area contributed by atoms with E-state index in [0.29, 0.717) is 22.7 Å². The minimum atomic E-state index is -2.89. The molecule has 0 aliphatic heterocycles. The summed E-state index contributed by atoms with van der Waals surface area (Å²) in [6.45, 7) is -1.14. The molecule has 0 saturated heterocycles. The van der Waals surface area contributed by atoms with Gasteiger partial charge in [-0.25, -0.2) is 0 Å². The van der Waals surface area contributed by atoms with Gasteiger partial charge in [0.2, 0.25) is 0 Å². The maximum Gasteiger partial charge on any atom is 0.387 e. The summed E-state index contributed by atoms with van der Waals surface area (Å²) in [5, 5.41) is 3.50. The number of nitrogens with zero attached hydrogens (tertiary/aromatic N) is 1. The number of ether oxygens (including phenoxy) is 2. The number of methoxy groups -OCH3 is 1. The predicted molar refractivity (Wildman–Crippen MR) is 94.1 cm³/mol. The number of anilines is 1. The number of fused-ring (bicyclic) bond motifs is 1. The van der Waals surface area contributed by atoms with Crippen molar-refractivity contribution in [1.82, 2.24) is 4.98 Å². The number of carbonyl (C=O) groups is 1. The van der Waals surface area contributed by atoms with E-state index in [1.807, 2.05) is 6.07 Å². The van der Waals surface area contributed by atoms with Crippen molar-refractivity contribution in [1.29, 1.82) is 0 Å². The van der Waals surface area contributed by atoms with Crippen LogP contribution in [0.3, 0.4) is 0 Å². The first kappa shape index (κ1) is 17.6. The standard InChI is InChI=1S/C19H16F2N2O3/c1-11-16(10-12-9-15(25-2)7-8-17(12)22-11)18(24)23-13-3-5-14(6-4-13)26-19(20)21/h3-10,19H,1-2H3,(H,23,24). The number of hydrogen-bond donors (Lipinski definition) is 1. The van der Waals surface area contributed by atoms with Crippen LogP contribution in [0, 0.1) is 6.92 Å². The van der Waals surface area contributed by atoms with Gasteiger partial charge < -0.3 is 14.8 Å². The molecular weight excluding hydrogens is 342 g/mol. The van der Waals surface area contributed by atoms with Crippen molar-refractivity contribution >= 4 is 22.5 Å². The van der Waals surface area contributed by atoms with Gasteiger partial charge in [0.15, 0.2) is 0 Å². The Morgan fingerprint density at radius 3 is 2.42 bits per heavy atom. The Morgan fingerprint density at radius 1 is 1.08 bits per heavy atom. The van der Waals surface area contributed by atoms with Crippen LogP contribution in [0.1, 0.15) is 16.1 Å². The summed E-state index contributed by atoms with van der Waals surface area (Å²) in [6, 6.07) is 12.9. The smallest absolute Gasteiger partial charge is 0.387 e. The fourth-order valence-corrected chi connectivity index (χ4v) is 2.53. The van der Waals surface area contributed by atoms with Crippen LogP contribution in [0.15, 0.2) is 48.5 Å². The van der Waals surface area contributed by atoms with Crippen LogP contribution in [0.25, 0.3) is 10.9 Å². The van der Waals surface area contributed by atoms with Gasteiger partial charge in [0.1, 0.15) is 11.5 Å². The summed E-state index contributed by atoms with van der Waals surface area (Å²) in [7, 11) is 1.57. The molecule has 2 aromatic carbocycles. The fraction of sp³-hybridized carbons (Fsp3) is 0.158. The van der Waals surface area contributed by atoms with E-state index < -0.39 is 6.61 Å². The Morgan fingerprint density at radius 2 is 1.77 bits per heavy atom. The van der Waals surface area contributed by atoms with E-state index in [4.69, 9.17) is 4.74 Å². The van der Waals surface area contributed by atoms with Crippen molar-refractivity contribution in [2.45, 2.75) is 13.5 Å². The van der Waals surface area contributed by atoms with Crippen molar-refractivity contribution in [3.8, 4) is 11.5 Å². The topological polar surface area (TPSA) is 60.5 Å². The van der Waals surface area contributed by atoms with Gasteiger partial charge in [0.25, 0.3) is 5.91 Å². The second-order valence-corrected chi connectivity index (χ2v) is 5.54. The summed E-state index contributed by atoms with van der Waals surface area (Å²) in [5.74, 6) is 0.347. The van der Waals surface area contributed by atoms with E-state index in [-0.39, 0.29) is 11.7 Å². The summed E-state index contributed by atoms with van der Waals surface area (Å²) in [6.07, 6.45) is 0. The van der Waals surface area contributed by atoms with Crippen LogP contribution in [-0.4, -0.2) is 24.6 Å². The minimum Gasteiger partial charge on any atom is -0.497 e. The van der Waals surface area contributed by atoms with Crippen LogP contribution in [-0.2, 0) is 0 Å². The molecule has 1 aromatic heterocycles. The van der Waals surface area contributed by atoms with Gasteiger partial charge in [-0.3, -0.25) is 9.78 Å². The zero-order valence-corrected chi connectivity index (χ0v) is 14.1. The largest absolute Gasteiger partial charge is 0.497 e. The molecule has 0 spiro atoms. The van der Waals surface area contributed by atoms with Crippen molar-refractivity contribution in [2.24, 2.45) is 0 Å². The molecule has 0 saturated carbocycles. The molecule has 26 heavy (non-hydrogen) atoms. The Kier molecular flexibility index (Phi) is 4.97. The summed E-state index contributed by atoms with van der Waals surface area (Å²) >= 11 is 0. The van der Waals surface area contributed by atoms with Crippen LogP contribution >= 0.6 is 0 Å². The van der Waals surface area contributed by atoms with Crippen molar-refractivity contribution < 1.29 is 23.0 Å². The van der Waals surface area contributed by atoms with Gasteiger partial charge in [0, 0.05) is 11.1 Å². The van der Waals surface area contributed by atoms with Crippen LogP contribution < -0.4 is 14.8 Å². The van der Waals surface area contributed by atoms with E-state index in [9.17, 15) is 13.6 Å². The normalized spacial score (nSPS) is 10.8. The number of rotatable bonds is 5. The van der Waals surface area contributed by atoms with E-state index >= 15 is 0 Å². The number of alkyl halides is 2. The van der Waals surface area contributed by atoms with E-state index in [0.717, 1.165) is 10.9 Å². The Hall–Kier alpha value is -3.22. The average Bonchev–Trinajstić information content (AvgIpc) is 2.62. The van der Waals surface area contributed by atoms with Gasteiger partial charge in [-0.05, 0) is 55.5 Å². The first-order chi connectivity index (χ1) is 12.5. The number of amides is 1. The van der Waals surface area contributed by atoms with E-state index in [2.05, 4.69) is 15.0 Å². The Bertz CT molecular complexity index is 943. The molecule has 1 amide bonds. The summed E-state index contributed by atoms with van der Waals surface area (Å²) in [5.41, 5.74) is 2.21. The van der Waals surface area contributed by atoms with E-state index in [1.165, 1.54) is 24.3 Å². The minimum absolute atomic E-state index is 0.0219. The lowest BCUT2D eigenvalue weighted by atomic mass is 10.1. The molecule has 0 aliphatic rings. The molecule has 5 nitrogen and oxygen atoms in total. The predicted octanol–water partition coefficient (Wildman–Crippen LogP) is 4.41. The van der Waals surface area contributed by atoms with Crippen molar-refractivity contribution in [2.75, 3.05) is 12.4 Å². The Balaban J connectivity index is 1.83. The quantitative estimate of drug-likeness (QED) is 0.734. The highest BCUT2D eigenvalue weighted by Crippen LogP contribution is 2.23. The molecule has 0 unspecified atom stereocenters. The molecule has 0 fully saturated rings. The lowest BCUT2D eigenvalue weighted by molar-refractivity contribution is -0.0498. The third-order valence-electron chi connectivity index (χ3n) is 3.79. The highest BCUT2D eigenvalue weighted by molar-refractivity contribution is 6.06. The molecule has 0 atom stereocenters. The highest BCUT2D eigenvalue weighted by Gasteiger charge is 2.13. The van der Waals surface area contributed by atoms with Gasteiger partial charge >= 0.3 is 6.61 Å². The van der Waals surface area contributed by atoms with Crippen molar-refractivity contribution in [3.05, 3.63) is 59.8 Å². The number of aromatic nitrogens is 1. The zero-order chi connectivity index (χ0) is 18.7. The second kappa shape index (κ2) is 7.35. The molecule has 3 rings (SSSR count). The highest BCUT2D eigenvalue weighted by atomic mass is 19.3. The maximum atomic E-state index is 12.6. The first-order valence-electron chi connectivity index (χ1n) is 7.78. The van der Waals surface area contributed by atoms with Crippen LogP contribution in [0.2, 0.25) is 0 Å². The number of benzene rings is 2. The SMILES string of the molecule is COc1ccc2nc(C)c(C(=O)Nc3ccc(OC(F)F)cc3)cc2c1. The summed E-state index contributed by atoms with van der Waals surface area (Å²) < 4.78 is 33.8. The number of hydrogen-bond acceptors (Lipinski definition) is 4. The van der Waals surface area contributed by atoms with Gasteiger partial charge in [-0.1, -0.05) is 0 Å². The third kappa shape index (κ3) is 3.88. The monoisotopic (exact) mass is 358 g/mol. The number of pyridine rings is 1. The van der Waals surface area contributed by atoms with Crippen LogP contribution in [0.4, 0.5) is 14.5 Å². The number of carbonyl (C=O) groups excluding carboxylic acids is 1. The van der Waals surface area contributed by atoms with Gasteiger partial charge in [-0.2, -0.15) is 8.78 Å². The van der Waals surface area contributed by atoms with Gasteiger partial charge in [0.05, 0.1) is 23.9 Å². The van der Waals surface area contributed by atoms with Gasteiger partial charge in [-0.15, -0.1) is 0 Å². The van der Waals surface area contributed by atoms with E-state index in [1.54, 1.807) is 32.2 Å². The number of halogens is 2. The molecule has 1 heterocycles. The number of aryl methyl sites for hydroxylation is 1. The molecular formula is C19H16F2N2O3. The van der Waals surface area contributed by atoms with Crippen LogP contribution in [0.5, 0.6) is 11.5 Å². The van der Waals surface area contributed by atoms with Crippen molar-refractivity contribution in [3.63, 3.8) is 0 Å². The second-order valence-electron chi connectivity index (χ2n) is 5.54. The average molecular weight is 358 g/mol. The summed E-state index contributed by atoms with van der Waals surface area (Å²) in [4.78, 5) is 17.0. The Labute approximate surface area is 148 Å².